The highest BCUT2D eigenvalue weighted by Gasteiger charge is 2.20. The first kappa shape index (κ1) is 19.6. The van der Waals surface area contributed by atoms with E-state index in [0.29, 0.717) is 12.1 Å². The molecular formula is C22H28ClN3O. The first-order valence-electron chi connectivity index (χ1n) is 9.34. The van der Waals surface area contributed by atoms with Gasteiger partial charge in [0.15, 0.2) is 0 Å². The van der Waals surface area contributed by atoms with Crippen molar-refractivity contribution >= 4 is 34.6 Å². The molecule has 5 heteroatoms. The summed E-state index contributed by atoms with van der Waals surface area (Å²) in [6.45, 7) is 9.89. The normalized spacial score (nSPS) is 14.0. The lowest BCUT2D eigenvalue weighted by Crippen LogP contribution is -2.30. The molecule has 0 aromatic heterocycles. The molecule has 0 saturated carbocycles. The lowest BCUT2D eigenvalue weighted by atomic mass is 9.92. The molecule has 1 aliphatic heterocycles. The molecule has 0 atom stereocenters. The van der Waals surface area contributed by atoms with E-state index >= 15 is 0 Å². The highest BCUT2D eigenvalue weighted by molar-refractivity contribution is 6.30. The summed E-state index contributed by atoms with van der Waals surface area (Å²) >= 11 is 6.11. The molecule has 144 valence electrons. The van der Waals surface area contributed by atoms with Crippen molar-refractivity contribution in [2.75, 3.05) is 22.5 Å². The standard InChI is InChI=1S/C22H28ClN3O/c1-14-9-18(11-19(24)21(14)25-20(27)12-22(2,3)4)26-8-7-15-10-17(23)6-5-16(15)13-26/h5-6,9-11H,7-8,12-13,24H2,1-4H3,(H,25,27). The van der Waals surface area contributed by atoms with Crippen LogP contribution in [0.15, 0.2) is 30.3 Å². The molecule has 0 saturated heterocycles. The fourth-order valence-corrected chi connectivity index (χ4v) is 3.75. The van der Waals surface area contributed by atoms with E-state index in [4.69, 9.17) is 17.3 Å². The summed E-state index contributed by atoms with van der Waals surface area (Å²) in [5, 5.41) is 3.78. The van der Waals surface area contributed by atoms with Crippen LogP contribution in [0.5, 0.6) is 0 Å². The largest absolute Gasteiger partial charge is 0.397 e. The number of nitrogens with two attached hydrogens (primary N) is 1. The third-order valence-electron chi connectivity index (χ3n) is 4.85. The Kier molecular flexibility index (Phi) is 5.38. The fourth-order valence-electron chi connectivity index (χ4n) is 3.56. The molecule has 3 N–H and O–H groups in total. The Balaban J connectivity index is 1.79. The molecule has 4 nitrogen and oxygen atoms in total. The molecule has 0 spiro atoms. The first-order valence-corrected chi connectivity index (χ1v) is 9.72. The van der Waals surface area contributed by atoms with Gasteiger partial charge in [0.05, 0.1) is 11.4 Å². The number of nitrogen functional groups attached to an aromatic ring is 1. The first-order chi connectivity index (χ1) is 12.6. The van der Waals surface area contributed by atoms with Gasteiger partial charge in [-0.25, -0.2) is 0 Å². The minimum absolute atomic E-state index is 0.00571. The van der Waals surface area contributed by atoms with E-state index in [0.717, 1.165) is 41.5 Å². The summed E-state index contributed by atoms with van der Waals surface area (Å²) in [5.41, 5.74) is 12.2. The van der Waals surface area contributed by atoms with Gasteiger partial charge in [0.2, 0.25) is 5.91 Å². The number of hydrogen-bond donors (Lipinski definition) is 2. The zero-order valence-corrected chi connectivity index (χ0v) is 17.3. The Bertz CT molecular complexity index is 847. The highest BCUT2D eigenvalue weighted by atomic mass is 35.5. The summed E-state index contributed by atoms with van der Waals surface area (Å²) in [5.74, 6) is -0.00571. The van der Waals surface area contributed by atoms with Gasteiger partial charge in [-0.3, -0.25) is 4.79 Å². The van der Waals surface area contributed by atoms with Crippen LogP contribution < -0.4 is 16.0 Å². The Morgan fingerprint density at radius 3 is 2.63 bits per heavy atom. The highest BCUT2D eigenvalue weighted by Crippen LogP contribution is 2.33. The Morgan fingerprint density at radius 1 is 1.22 bits per heavy atom. The Hall–Kier alpha value is -2.20. The maximum atomic E-state index is 12.3. The smallest absolute Gasteiger partial charge is 0.224 e. The maximum Gasteiger partial charge on any atom is 0.224 e. The number of nitrogens with zero attached hydrogens (tertiary/aromatic N) is 1. The Morgan fingerprint density at radius 2 is 1.96 bits per heavy atom. The van der Waals surface area contributed by atoms with Crippen LogP contribution in [0.1, 0.15) is 43.9 Å². The molecule has 0 radical (unpaired) electrons. The number of rotatable bonds is 3. The maximum absolute atomic E-state index is 12.3. The van der Waals surface area contributed by atoms with Crippen LogP contribution in [-0.2, 0) is 17.8 Å². The van der Waals surface area contributed by atoms with Crippen molar-refractivity contribution < 1.29 is 4.79 Å². The molecule has 0 unspecified atom stereocenters. The molecule has 1 amide bonds. The number of halogens is 1. The van der Waals surface area contributed by atoms with Crippen LogP contribution in [0.25, 0.3) is 0 Å². The summed E-state index contributed by atoms with van der Waals surface area (Å²) in [7, 11) is 0. The van der Waals surface area contributed by atoms with E-state index in [9.17, 15) is 4.79 Å². The van der Waals surface area contributed by atoms with Gasteiger partial charge in [0, 0.05) is 30.2 Å². The number of anilines is 3. The average Bonchev–Trinajstić information content (AvgIpc) is 2.56. The average molecular weight is 386 g/mol. The lowest BCUT2D eigenvalue weighted by molar-refractivity contribution is -0.117. The molecule has 3 rings (SSSR count). The van der Waals surface area contributed by atoms with Crippen LogP contribution in [0.4, 0.5) is 17.1 Å². The SMILES string of the molecule is Cc1cc(N2CCc3cc(Cl)ccc3C2)cc(N)c1NC(=O)CC(C)(C)C. The molecule has 2 aromatic rings. The van der Waals surface area contributed by atoms with E-state index in [1.165, 1.54) is 11.1 Å². The lowest BCUT2D eigenvalue weighted by Gasteiger charge is -2.31. The molecule has 0 bridgehead atoms. The Labute approximate surface area is 166 Å². The van der Waals surface area contributed by atoms with Gasteiger partial charge in [-0.15, -0.1) is 0 Å². The molecule has 0 aliphatic carbocycles. The van der Waals surface area contributed by atoms with Crippen molar-refractivity contribution in [1.29, 1.82) is 0 Å². The molecule has 1 heterocycles. The number of carbonyl (C=O) groups is 1. The monoisotopic (exact) mass is 385 g/mol. The van der Waals surface area contributed by atoms with Crippen molar-refractivity contribution in [2.45, 2.75) is 47.1 Å². The van der Waals surface area contributed by atoms with Gasteiger partial charge >= 0.3 is 0 Å². The van der Waals surface area contributed by atoms with E-state index in [1.807, 2.05) is 39.8 Å². The molecule has 27 heavy (non-hydrogen) atoms. The summed E-state index contributed by atoms with van der Waals surface area (Å²) in [4.78, 5) is 14.6. The summed E-state index contributed by atoms with van der Waals surface area (Å²) in [6.07, 6.45) is 1.41. The zero-order valence-electron chi connectivity index (χ0n) is 16.5. The van der Waals surface area contributed by atoms with Crippen LogP contribution in [0.3, 0.4) is 0 Å². The van der Waals surface area contributed by atoms with Crippen molar-refractivity contribution in [3.05, 3.63) is 52.0 Å². The summed E-state index contributed by atoms with van der Waals surface area (Å²) in [6, 6.07) is 10.2. The van der Waals surface area contributed by atoms with Gasteiger partial charge in [-0.05, 0) is 59.7 Å². The second-order valence-electron chi connectivity index (χ2n) is 8.60. The topological polar surface area (TPSA) is 58.4 Å². The van der Waals surface area contributed by atoms with E-state index in [2.05, 4.69) is 28.4 Å². The minimum atomic E-state index is -0.0588. The number of carbonyl (C=O) groups excluding carboxylic acids is 1. The second kappa shape index (κ2) is 7.43. The van der Waals surface area contributed by atoms with E-state index in [-0.39, 0.29) is 11.3 Å². The molecule has 2 aromatic carbocycles. The fraction of sp³-hybridized carbons (Fsp3) is 0.409. The van der Waals surface area contributed by atoms with Crippen molar-refractivity contribution in [2.24, 2.45) is 5.41 Å². The molecule has 0 fully saturated rings. The minimum Gasteiger partial charge on any atom is -0.397 e. The number of fused-ring (bicyclic) bond motifs is 1. The number of hydrogen-bond acceptors (Lipinski definition) is 3. The second-order valence-corrected chi connectivity index (χ2v) is 9.03. The summed E-state index contributed by atoms with van der Waals surface area (Å²) < 4.78 is 0. The van der Waals surface area contributed by atoms with Crippen LogP contribution >= 0.6 is 11.6 Å². The number of benzene rings is 2. The zero-order chi connectivity index (χ0) is 19.8. The van der Waals surface area contributed by atoms with E-state index in [1.54, 1.807) is 0 Å². The van der Waals surface area contributed by atoms with Crippen LogP contribution in [-0.4, -0.2) is 12.5 Å². The van der Waals surface area contributed by atoms with Crippen LogP contribution in [0.2, 0.25) is 5.02 Å². The third kappa shape index (κ3) is 4.75. The quantitative estimate of drug-likeness (QED) is 0.716. The van der Waals surface area contributed by atoms with Crippen LogP contribution in [0, 0.1) is 12.3 Å². The number of aryl methyl sites for hydroxylation is 1. The van der Waals surface area contributed by atoms with Gasteiger partial charge < -0.3 is 16.0 Å². The number of amides is 1. The van der Waals surface area contributed by atoms with Crippen molar-refractivity contribution in [3.63, 3.8) is 0 Å². The predicted octanol–water partition coefficient (Wildman–Crippen LogP) is 5.17. The van der Waals surface area contributed by atoms with Gasteiger partial charge in [-0.2, -0.15) is 0 Å². The third-order valence-corrected chi connectivity index (χ3v) is 5.09. The van der Waals surface area contributed by atoms with Crippen molar-refractivity contribution in [3.8, 4) is 0 Å². The van der Waals surface area contributed by atoms with Gasteiger partial charge in [-0.1, -0.05) is 38.4 Å². The van der Waals surface area contributed by atoms with Gasteiger partial charge in [0.25, 0.3) is 0 Å². The molecule has 1 aliphatic rings. The predicted molar refractivity (Wildman–Crippen MR) is 114 cm³/mol. The van der Waals surface area contributed by atoms with Crippen molar-refractivity contribution in [1.82, 2.24) is 0 Å². The molecular weight excluding hydrogens is 358 g/mol. The van der Waals surface area contributed by atoms with E-state index < -0.39 is 0 Å². The van der Waals surface area contributed by atoms with Gasteiger partial charge in [0.1, 0.15) is 0 Å². The number of nitrogens with one attached hydrogen (secondary N) is 1.